The van der Waals surface area contributed by atoms with Crippen LogP contribution in [0.15, 0.2) is 18.3 Å². The molecule has 1 aliphatic heterocycles. The van der Waals surface area contributed by atoms with Gasteiger partial charge < -0.3 is 14.7 Å². The molecule has 0 radical (unpaired) electrons. The average molecular weight is 250 g/mol. The van der Waals surface area contributed by atoms with Gasteiger partial charge in [0.1, 0.15) is 0 Å². The van der Waals surface area contributed by atoms with Gasteiger partial charge in [-0.05, 0) is 12.5 Å². The number of carboxylic acid groups (broad SMARTS) is 1. The van der Waals surface area contributed by atoms with E-state index in [4.69, 9.17) is 4.74 Å². The molecule has 1 amide bonds. The van der Waals surface area contributed by atoms with Gasteiger partial charge in [0.15, 0.2) is 0 Å². The van der Waals surface area contributed by atoms with E-state index in [-0.39, 0.29) is 6.04 Å². The van der Waals surface area contributed by atoms with E-state index in [1.54, 1.807) is 6.20 Å². The van der Waals surface area contributed by atoms with Crippen molar-refractivity contribution in [2.24, 2.45) is 0 Å². The van der Waals surface area contributed by atoms with Crippen LogP contribution in [0.2, 0.25) is 0 Å². The van der Waals surface area contributed by atoms with E-state index < -0.39 is 6.09 Å². The minimum atomic E-state index is -0.870. The maximum Gasteiger partial charge on any atom is 0.407 e. The lowest BCUT2D eigenvalue weighted by Gasteiger charge is -2.33. The first-order valence-electron chi connectivity index (χ1n) is 6.31. The predicted octanol–water partition coefficient (Wildman–Crippen LogP) is 2.69. The van der Waals surface area contributed by atoms with Gasteiger partial charge in [0.05, 0.1) is 12.6 Å². The number of unbranched alkanes of at least 4 members (excludes halogenated alkanes) is 1. The number of nitrogens with zero attached hydrogens (tertiary/aromatic N) is 2. The van der Waals surface area contributed by atoms with Crippen LogP contribution < -0.4 is 4.74 Å². The van der Waals surface area contributed by atoms with Crippen LogP contribution in [0, 0.1) is 0 Å². The summed E-state index contributed by atoms with van der Waals surface area (Å²) in [7, 11) is 0. The summed E-state index contributed by atoms with van der Waals surface area (Å²) in [6.45, 7) is 3.13. The van der Waals surface area contributed by atoms with E-state index in [1.807, 2.05) is 12.1 Å². The van der Waals surface area contributed by atoms with Gasteiger partial charge >= 0.3 is 6.09 Å². The quantitative estimate of drug-likeness (QED) is 0.892. The van der Waals surface area contributed by atoms with Gasteiger partial charge in [-0.15, -0.1) is 0 Å². The molecule has 0 aromatic carbocycles. The molecule has 0 aliphatic carbocycles. The van der Waals surface area contributed by atoms with Crippen molar-refractivity contribution in [3.63, 3.8) is 0 Å². The minimum absolute atomic E-state index is 0.133. The first-order valence-corrected chi connectivity index (χ1v) is 6.31. The van der Waals surface area contributed by atoms with E-state index in [2.05, 4.69) is 11.9 Å². The second-order valence-electron chi connectivity index (χ2n) is 4.38. The average Bonchev–Trinajstić information content (AvgIpc) is 2.39. The van der Waals surface area contributed by atoms with Gasteiger partial charge in [-0.3, -0.25) is 0 Å². The molecule has 98 valence electrons. The summed E-state index contributed by atoms with van der Waals surface area (Å²) < 4.78 is 5.46. The topological polar surface area (TPSA) is 62.7 Å². The molecule has 0 saturated heterocycles. The van der Waals surface area contributed by atoms with Crippen LogP contribution in [-0.4, -0.2) is 34.2 Å². The molecular formula is C13H18N2O3. The molecule has 0 saturated carbocycles. The number of hydrogen-bond donors (Lipinski definition) is 1. The number of hydrogen-bond acceptors (Lipinski definition) is 3. The van der Waals surface area contributed by atoms with E-state index in [9.17, 15) is 9.90 Å². The van der Waals surface area contributed by atoms with Gasteiger partial charge in [0.25, 0.3) is 0 Å². The molecule has 1 unspecified atom stereocenters. The van der Waals surface area contributed by atoms with Crippen LogP contribution in [0.4, 0.5) is 4.79 Å². The van der Waals surface area contributed by atoms with Crippen molar-refractivity contribution < 1.29 is 14.6 Å². The molecule has 1 aliphatic rings. The summed E-state index contributed by atoms with van der Waals surface area (Å²) in [4.78, 5) is 17.0. The van der Waals surface area contributed by atoms with E-state index in [0.29, 0.717) is 25.5 Å². The summed E-state index contributed by atoms with van der Waals surface area (Å²) in [5.74, 6) is 0.566. The largest absolute Gasteiger partial charge is 0.477 e. The Hall–Kier alpha value is -1.78. The highest BCUT2D eigenvalue weighted by Crippen LogP contribution is 2.34. The molecule has 5 nitrogen and oxygen atoms in total. The molecule has 5 heteroatoms. The molecule has 1 N–H and O–H groups in total. The fourth-order valence-electron chi connectivity index (χ4n) is 2.24. The van der Waals surface area contributed by atoms with Crippen LogP contribution in [-0.2, 0) is 0 Å². The lowest BCUT2D eigenvalue weighted by molar-refractivity contribution is 0.104. The molecular weight excluding hydrogens is 232 g/mol. The van der Waals surface area contributed by atoms with Crippen LogP contribution in [0.3, 0.4) is 0 Å². The van der Waals surface area contributed by atoms with E-state index in [1.165, 1.54) is 4.90 Å². The number of ether oxygens (including phenoxy) is 1. The summed E-state index contributed by atoms with van der Waals surface area (Å²) in [5.41, 5.74) is 0.877. The third kappa shape index (κ3) is 2.55. The smallest absolute Gasteiger partial charge is 0.407 e. The number of aromatic nitrogens is 1. The third-order valence-corrected chi connectivity index (χ3v) is 3.16. The molecule has 0 spiro atoms. The van der Waals surface area contributed by atoms with Gasteiger partial charge in [-0.2, -0.15) is 0 Å². The summed E-state index contributed by atoms with van der Waals surface area (Å²) in [6.07, 6.45) is 3.34. The minimum Gasteiger partial charge on any atom is -0.477 e. The Morgan fingerprint density at radius 1 is 1.67 bits per heavy atom. The number of fused-ring (bicyclic) bond motifs is 1. The summed E-state index contributed by atoms with van der Waals surface area (Å²) in [5, 5.41) is 9.34. The van der Waals surface area contributed by atoms with Crippen LogP contribution >= 0.6 is 0 Å². The first kappa shape index (κ1) is 12.7. The molecule has 2 rings (SSSR count). The molecule has 1 aromatic rings. The predicted molar refractivity (Wildman–Crippen MR) is 66.7 cm³/mol. The lowest BCUT2D eigenvalue weighted by atomic mass is 10.0. The molecule has 0 bridgehead atoms. The van der Waals surface area contributed by atoms with Crippen molar-refractivity contribution in [2.75, 3.05) is 13.2 Å². The fourth-order valence-corrected chi connectivity index (χ4v) is 2.24. The first-order chi connectivity index (χ1) is 8.74. The summed E-state index contributed by atoms with van der Waals surface area (Å²) >= 11 is 0. The highest BCUT2D eigenvalue weighted by atomic mass is 16.5. The van der Waals surface area contributed by atoms with Crippen molar-refractivity contribution in [3.8, 4) is 5.88 Å². The van der Waals surface area contributed by atoms with Crippen molar-refractivity contribution in [3.05, 3.63) is 23.9 Å². The zero-order chi connectivity index (χ0) is 13.0. The monoisotopic (exact) mass is 250 g/mol. The van der Waals surface area contributed by atoms with Crippen molar-refractivity contribution in [2.45, 2.75) is 32.2 Å². The maximum absolute atomic E-state index is 11.4. The van der Waals surface area contributed by atoms with Gasteiger partial charge in [0, 0.05) is 24.7 Å². The molecule has 18 heavy (non-hydrogen) atoms. The second-order valence-corrected chi connectivity index (χ2v) is 4.38. The van der Waals surface area contributed by atoms with Crippen molar-refractivity contribution in [1.82, 2.24) is 9.88 Å². The maximum atomic E-state index is 11.4. The third-order valence-electron chi connectivity index (χ3n) is 3.16. The van der Waals surface area contributed by atoms with Crippen LogP contribution in [0.25, 0.3) is 0 Å². The Morgan fingerprint density at radius 2 is 2.50 bits per heavy atom. The number of amides is 1. The van der Waals surface area contributed by atoms with Gasteiger partial charge in [-0.25, -0.2) is 9.78 Å². The van der Waals surface area contributed by atoms with Crippen molar-refractivity contribution in [1.29, 1.82) is 0 Å². The standard InChI is InChI=1S/C13H18N2O3/c1-2-3-8-15(13(16)17)11-6-9-18-12-10(11)5-4-7-14-12/h4-5,7,11H,2-3,6,8-9H2,1H3,(H,16,17). The second kappa shape index (κ2) is 5.71. The number of rotatable bonds is 4. The summed E-state index contributed by atoms with van der Waals surface area (Å²) in [6, 6.07) is 3.58. The Morgan fingerprint density at radius 3 is 3.22 bits per heavy atom. The van der Waals surface area contributed by atoms with Gasteiger partial charge in [0.2, 0.25) is 5.88 Å². The normalized spacial score (nSPS) is 17.7. The van der Waals surface area contributed by atoms with E-state index >= 15 is 0 Å². The molecule has 0 fully saturated rings. The number of pyridine rings is 1. The van der Waals surface area contributed by atoms with E-state index in [0.717, 1.165) is 18.4 Å². The fraction of sp³-hybridized carbons (Fsp3) is 0.538. The highest BCUT2D eigenvalue weighted by molar-refractivity contribution is 5.66. The SMILES string of the molecule is CCCCN(C(=O)O)C1CCOc2ncccc21. The zero-order valence-electron chi connectivity index (χ0n) is 10.5. The number of carbonyl (C=O) groups is 1. The van der Waals surface area contributed by atoms with Crippen LogP contribution in [0.5, 0.6) is 5.88 Å². The Labute approximate surface area is 106 Å². The van der Waals surface area contributed by atoms with Crippen molar-refractivity contribution >= 4 is 6.09 Å². The lowest BCUT2D eigenvalue weighted by Crippen LogP contribution is -2.37. The molecule has 1 aromatic heterocycles. The Balaban J connectivity index is 2.23. The van der Waals surface area contributed by atoms with Gasteiger partial charge in [-0.1, -0.05) is 19.4 Å². The van der Waals surface area contributed by atoms with Crippen LogP contribution in [0.1, 0.15) is 37.8 Å². The Bertz CT molecular complexity index is 422. The highest BCUT2D eigenvalue weighted by Gasteiger charge is 2.30. The molecule has 2 heterocycles. The Kier molecular flexibility index (Phi) is 4.02. The zero-order valence-corrected chi connectivity index (χ0v) is 10.5. The molecule has 1 atom stereocenters.